The number of rotatable bonds is 6. The number of nitrogens with zero attached hydrogens (tertiary/aromatic N) is 2. The van der Waals surface area contributed by atoms with Crippen LogP contribution in [0.1, 0.15) is 18.4 Å². The van der Waals surface area contributed by atoms with Crippen molar-refractivity contribution in [2.75, 3.05) is 18.5 Å². The fourth-order valence-electron chi connectivity index (χ4n) is 3.21. The van der Waals surface area contributed by atoms with Crippen LogP contribution >= 0.6 is 11.6 Å². The minimum absolute atomic E-state index is 0.0286. The maximum Gasteiger partial charge on any atom is 0.214 e. The molecule has 3 heterocycles. The highest BCUT2D eigenvalue weighted by molar-refractivity contribution is 6.67. The van der Waals surface area contributed by atoms with Crippen LogP contribution in [-0.4, -0.2) is 33.8 Å². The molecule has 0 unspecified atom stereocenters. The van der Waals surface area contributed by atoms with Crippen molar-refractivity contribution in [3.8, 4) is 11.3 Å². The van der Waals surface area contributed by atoms with Crippen molar-refractivity contribution in [3.05, 3.63) is 58.7 Å². The number of ether oxygens (including phenoxy) is 1. The number of halogens is 1. The van der Waals surface area contributed by atoms with Crippen LogP contribution in [0.15, 0.2) is 47.7 Å². The molecule has 0 atom stereocenters. The molecule has 1 saturated heterocycles. The number of amidine groups is 1. The summed E-state index contributed by atoms with van der Waals surface area (Å²) in [6.07, 6.45) is 9.86. The number of aryl methyl sites for hydroxylation is 1. The van der Waals surface area contributed by atoms with Gasteiger partial charge in [-0.2, -0.15) is 0 Å². The Kier molecular flexibility index (Phi) is 6.95. The zero-order valence-electron chi connectivity index (χ0n) is 16.2. The fraction of sp³-hybridized carbons (Fsp3) is 0.333. The highest BCUT2D eigenvalue weighted by Crippen LogP contribution is 2.20. The third-order valence-corrected chi connectivity index (χ3v) is 4.87. The van der Waals surface area contributed by atoms with Crippen molar-refractivity contribution in [1.82, 2.24) is 9.55 Å². The standard InChI is InChI=1S/C21H24ClN5O2/c1-14-2-3-17(25-10-14)16-12-27(11-15-6-8-29-9-7-15)13-18(21(16)28)26-20(24)5-4-19(22)23/h2-5,10,12-13,15,23H,6-9,11H2,1H3,(H2,24,26)/b5-4-,23-19?. The molecule has 1 aliphatic rings. The first-order valence-electron chi connectivity index (χ1n) is 9.45. The zero-order chi connectivity index (χ0) is 20.8. The molecule has 1 fully saturated rings. The Balaban J connectivity index is 1.96. The van der Waals surface area contributed by atoms with E-state index in [1.165, 1.54) is 12.2 Å². The predicted octanol–water partition coefficient (Wildman–Crippen LogP) is 3.81. The van der Waals surface area contributed by atoms with Crippen LogP contribution in [-0.2, 0) is 11.3 Å². The molecule has 0 saturated carbocycles. The first-order valence-corrected chi connectivity index (χ1v) is 9.82. The minimum Gasteiger partial charge on any atom is -0.381 e. The predicted molar refractivity (Wildman–Crippen MR) is 116 cm³/mol. The SMILES string of the molecule is Cc1ccc(-c2cn(CC3CCOCC3)cc(NC(=N)/C=C\C(=N)Cl)c2=O)nc1. The van der Waals surface area contributed by atoms with Gasteiger partial charge in [0.1, 0.15) is 16.7 Å². The third kappa shape index (κ3) is 5.85. The maximum atomic E-state index is 13.0. The summed E-state index contributed by atoms with van der Waals surface area (Å²) < 4.78 is 7.42. The van der Waals surface area contributed by atoms with E-state index >= 15 is 0 Å². The van der Waals surface area contributed by atoms with Gasteiger partial charge in [-0.15, -0.1) is 0 Å². The Bertz CT molecular complexity index is 976. The molecule has 0 spiro atoms. The number of hydrogen-bond donors (Lipinski definition) is 3. The molecule has 0 aliphatic carbocycles. The van der Waals surface area contributed by atoms with Gasteiger partial charge in [0.2, 0.25) is 5.43 Å². The number of anilines is 1. The molecule has 0 radical (unpaired) electrons. The van der Waals surface area contributed by atoms with Crippen molar-refractivity contribution in [2.24, 2.45) is 5.92 Å². The topological polar surface area (TPSA) is 104 Å². The largest absolute Gasteiger partial charge is 0.381 e. The molecule has 3 N–H and O–H groups in total. The second-order valence-corrected chi connectivity index (χ2v) is 7.52. The van der Waals surface area contributed by atoms with E-state index in [4.69, 9.17) is 27.2 Å². The van der Waals surface area contributed by atoms with Gasteiger partial charge >= 0.3 is 0 Å². The van der Waals surface area contributed by atoms with Crippen LogP contribution in [0, 0.1) is 23.7 Å². The lowest BCUT2D eigenvalue weighted by Gasteiger charge is -2.23. The highest BCUT2D eigenvalue weighted by Gasteiger charge is 2.17. The van der Waals surface area contributed by atoms with Gasteiger partial charge in [-0.05, 0) is 49.5 Å². The molecule has 0 bridgehead atoms. The van der Waals surface area contributed by atoms with Crippen LogP contribution in [0.5, 0.6) is 0 Å². The van der Waals surface area contributed by atoms with Gasteiger partial charge in [0.25, 0.3) is 0 Å². The normalized spacial score (nSPS) is 14.8. The molecule has 29 heavy (non-hydrogen) atoms. The summed E-state index contributed by atoms with van der Waals surface area (Å²) in [6.45, 7) is 4.21. The Morgan fingerprint density at radius 1 is 1.31 bits per heavy atom. The van der Waals surface area contributed by atoms with E-state index in [0.717, 1.165) is 38.2 Å². The number of pyridine rings is 2. The summed E-state index contributed by atoms with van der Waals surface area (Å²) in [6, 6.07) is 3.75. The van der Waals surface area contributed by atoms with Gasteiger partial charge in [0.15, 0.2) is 0 Å². The molecular weight excluding hydrogens is 390 g/mol. The Morgan fingerprint density at radius 2 is 2.07 bits per heavy atom. The average Bonchev–Trinajstić information content (AvgIpc) is 2.70. The lowest BCUT2D eigenvalue weighted by atomic mass is 10.00. The quantitative estimate of drug-likeness (QED) is 0.494. The lowest BCUT2D eigenvalue weighted by molar-refractivity contribution is 0.0612. The van der Waals surface area contributed by atoms with E-state index in [1.54, 1.807) is 12.4 Å². The Hall–Kier alpha value is -2.77. The van der Waals surface area contributed by atoms with E-state index in [0.29, 0.717) is 17.2 Å². The number of nitrogens with one attached hydrogen (secondary N) is 3. The number of aromatic nitrogens is 2. The van der Waals surface area contributed by atoms with Gasteiger partial charge in [0.05, 0.1) is 11.3 Å². The van der Waals surface area contributed by atoms with Crippen LogP contribution < -0.4 is 10.7 Å². The molecule has 3 rings (SSSR count). The third-order valence-electron chi connectivity index (χ3n) is 4.74. The van der Waals surface area contributed by atoms with Crippen LogP contribution in [0.3, 0.4) is 0 Å². The zero-order valence-corrected chi connectivity index (χ0v) is 17.0. The first-order chi connectivity index (χ1) is 13.9. The van der Waals surface area contributed by atoms with Crippen molar-refractivity contribution in [1.29, 1.82) is 10.8 Å². The number of hydrogen-bond acceptors (Lipinski definition) is 5. The molecular formula is C21H24ClN5O2. The maximum absolute atomic E-state index is 13.0. The van der Waals surface area contributed by atoms with Gasteiger partial charge in [0, 0.05) is 38.3 Å². The fourth-order valence-corrected chi connectivity index (χ4v) is 3.27. The summed E-state index contributed by atoms with van der Waals surface area (Å²) in [4.78, 5) is 17.5. The molecule has 152 valence electrons. The number of allylic oxidation sites excluding steroid dienone is 1. The molecule has 0 aromatic carbocycles. The molecule has 7 nitrogen and oxygen atoms in total. The van der Waals surface area contributed by atoms with Crippen LogP contribution in [0.25, 0.3) is 11.3 Å². The van der Waals surface area contributed by atoms with Gasteiger partial charge in [-0.1, -0.05) is 17.7 Å². The second kappa shape index (κ2) is 9.62. The van der Waals surface area contributed by atoms with Gasteiger partial charge < -0.3 is 14.6 Å². The summed E-state index contributed by atoms with van der Waals surface area (Å²) in [5.74, 6) is 0.438. The lowest BCUT2D eigenvalue weighted by Crippen LogP contribution is -2.24. The van der Waals surface area contributed by atoms with E-state index in [2.05, 4.69) is 10.3 Å². The molecule has 8 heteroatoms. The van der Waals surface area contributed by atoms with E-state index in [9.17, 15) is 4.79 Å². The van der Waals surface area contributed by atoms with Crippen molar-refractivity contribution in [2.45, 2.75) is 26.3 Å². The Labute approximate surface area is 174 Å². The molecule has 0 amide bonds. The monoisotopic (exact) mass is 413 g/mol. The van der Waals surface area contributed by atoms with Gasteiger partial charge in [-0.25, -0.2) is 0 Å². The highest BCUT2D eigenvalue weighted by atomic mass is 35.5. The van der Waals surface area contributed by atoms with Crippen molar-refractivity contribution < 1.29 is 4.74 Å². The molecule has 1 aliphatic heterocycles. The van der Waals surface area contributed by atoms with Crippen molar-refractivity contribution in [3.63, 3.8) is 0 Å². The molecule has 2 aromatic heterocycles. The summed E-state index contributed by atoms with van der Waals surface area (Å²) in [5.41, 5.74) is 2.14. The first kappa shape index (κ1) is 21.0. The average molecular weight is 414 g/mol. The van der Waals surface area contributed by atoms with Gasteiger partial charge in [-0.3, -0.25) is 20.6 Å². The minimum atomic E-state index is -0.233. The van der Waals surface area contributed by atoms with Crippen LogP contribution in [0.4, 0.5) is 5.69 Å². The summed E-state index contributed by atoms with van der Waals surface area (Å²) in [7, 11) is 0. The smallest absolute Gasteiger partial charge is 0.214 e. The van der Waals surface area contributed by atoms with Crippen molar-refractivity contribution >= 4 is 28.3 Å². The van der Waals surface area contributed by atoms with E-state index < -0.39 is 0 Å². The summed E-state index contributed by atoms with van der Waals surface area (Å²) in [5, 5.41) is 17.9. The summed E-state index contributed by atoms with van der Waals surface area (Å²) >= 11 is 5.50. The second-order valence-electron chi connectivity index (χ2n) is 7.11. The molecule has 2 aromatic rings. The van der Waals surface area contributed by atoms with E-state index in [-0.39, 0.29) is 22.1 Å². The van der Waals surface area contributed by atoms with Crippen LogP contribution in [0.2, 0.25) is 0 Å². The van der Waals surface area contributed by atoms with E-state index in [1.807, 2.05) is 29.8 Å². The Morgan fingerprint density at radius 3 is 2.72 bits per heavy atom.